The first kappa shape index (κ1) is 41.2. The molecule has 3 saturated carbocycles. The zero-order chi connectivity index (χ0) is 42.5. The van der Waals surface area contributed by atoms with Gasteiger partial charge in [-0.25, -0.2) is 22.6 Å². The fourth-order valence-corrected chi connectivity index (χ4v) is 10.8. The number of hydrogen-bond acceptors (Lipinski definition) is 11. The van der Waals surface area contributed by atoms with Gasteiger partial charge in [0.15, 0.2) is 11.5 Å². The minimum atomic E-state index is -3.93. The van der Waals surface area contributed by atoms with E-state index in [-0.39, 0.29) is 37.2 Å². The molecule has 2 unspecified atom stereocenters. The van der Waals surface area contributed by atoms with Crippen LogP contribution in [0, 0.1) is 11.7 Å². The number of halogens is 1. The summed E-state index contributed by atoms with van der Waals surface area (Å²) in [5, 5.41) is 5.52. The molecule has 7 aliphatic rings. The normalized spacial score (nSPS) is 30.6. The summed E-state index contributed by atoms with van der Waals surface area (Å²) in [6.45, 7) is 2.25. The average molecular weight is 862 g/mol. The van der Waals surface area contributed by atoms with Crippen molar-refractivity contribution in [1.29, 1.82) is 0 Å². The quantitative estimate of drug-likeness (QED) is 0.285. The molecule has 0 radical (unpaired) electrons. The molecular weight excluding hydrogens is 810 g/mol. The monoisotopic (exact) mass is 861 g/mol. The average Bonchev–Trinajstić information content (AvgIpc) is 4.04. The first-order valence-electron chi connectivity index (χ1n) is 21.7. The summed E-state index contributed by atoms with van der Waals surface area (Å²) in [7, 11) is -3.93. The van der Waals surface area contributed by atoms with Gasteiger partial charge in [-0.2, -0.15) is 0 Å². The highest BCUT2D eigenvalue weighted by Gasteiger charge is 2.62. The van der Waals surface area contributed by atoms with E-state index in [1.165, 1.54) is 17.0 Å². The van der Waals surface area contributed by atoms with Crippen molar-refractivity contribution in [2.75, 3.05) is 13.2 Å². The van der Waals surface area contributed by atoms with E-state index in [0.717, 1.165) is 38.5 Å². The number of hydrogen-bond donors (Lipinski definition) is 3. The van der Waals surface area contributed by atoms with Gasteiger partial charge in [0.1, 0.15) is 47.5 Å². The number of nitrogens with one attached hydrogen (secondary N) is 3. The summed E-state index contributed by atoms with van der Waals surface area (Å²) >= 11 is 0. The summed E-state index contributed by atoms with van der Waals surface area (Å²) in [5.74, 6) is -2.04. The van der Waals surface area contributed by atoms with E-state index in [1.54, 1.807) is 6.07 Å². The molecular formula is C44H52FN5O10S. The van der Waals surface area contributed by atoms with Gasteiger partial charge >= 0.3 is 6.09 Å². The summed E-state index contributed by atoms with van der Waals surface area (Å²) < 4.78 is 67.6. The number of carbonyl (C=O) groups excluding carboxylic acids is 4. The number of aromatic nitrogens is 1. The first-order valence-corrected chi connectivity index (χ1v) is 23.3. The smallest absolute Gasteiger partial charge is 0.408 e. The predicted octanol–water partition coefficient (Wildman–Crippen LogP) is 5.10. The maximum absolute atomic E-state index is 14.8. The molecule has 7 atom stereocenters. The van der Waals surface area contributed by atoms with E-state index in [9.17, 15) is 32.0 Å². The zero-order valence-corrected chi connectivity index (χ0v) is 34.9. The molecule has 4 heterocycles. The van der Waals surface area contributed by atoms with Gasteiger partial charge in [-0.3, -0.25) is 19.1 Å². The molecule has 4 fully saturated rings. The van der Waals surface area contributed by atoms with Crippen molar-refractivity contribution < 1.29 is 50.9 Å². The number of pyridine rings is 1. The van der Waals surface area contributed by atoms with Crippen LogP contribution in [0.1, 0.15) is 102 Å². The van der Waals surface area contributed by atoms with Gasteiger partial charge < -0.3 is 34.5 Å². The number of sulfonamides is 1. The molecule has 4 amide bonds. The molecule has 0 spiro atoms. The number of benzene rings is 1. The second-order valence-corrected chi connectivity index (χ2v) is 19.3. The van der Waals surface area contributed by atoms with Crippen LogP contribution < -0.4 is 24.8 Å². The fourth-order valence-electron chi connectivity index (χ4n) is 9.40. The van der Waals surface area contributed by atoms with Crippen LogP contribution >= 0.6 is 0 Å². The molecule has 0 bridgehead atoms. The summed E-state index contributed by atoms with van der Waals surface area (Å²) in [4.78, 5) is 62.8. The van der Waals surface area contributed by atoms with Gasteiger partial charge in [0, 0.05) is 23.8 Å². The van der Waals surface area contributed by atoms with Crippen LogP contribution in [0.4, 0.5) is 9.18 Å². The summed E-state index contributed by atoms with van der Waals surface area (Å²) in [6.07, 6.45) is 14.7. The Hall–Kier alpha value is -5.19. The molecule has 15 nitrogen and oxygen atoms in total. The van der Waals surface area contributed by atoms with Crippen LogP contribution in [0.25, 0.3) is 10.9 Å². The molecule has 1 aromatic carbocycles. The summed E-state index contributed by atoms with van der Waals surface area (Å²) in [6, 6.07) is 1.94. The predicted molar refractivity (Wildman–Crippen MR) is 219 cm³/mol. The second kappa shape index (κ2) is 16.6. The van der Waals surface area contributed by atoms with E-state index in [0.29, 0.717) is 66.8 Å². The van der Waals surface area contributed by atoms with Gasteiger partial charge in [-0.05, 0) is 101 Å². The van der Waals surface area contributed by atoms with Crippen molar-refractivity contribution in [2.24, 2.45) is 5.92 Å². The highest BCUT2D eigenvalue weighted by atomic mass is 32.2. The number of alkyl carbamates (subject to hydrolysis) is 1. The van der Waals surface area contributed by atoms with Crippen molar-refractivity contribution in [3.8, 4) is 11.5 Å². The highest BCUT2D eigenvalue weighted by molar-refractivity contribution is 7.91. The summed E-state index contributed by atoms with van der Waals surface area (Å²) in [5.41, 5.74) is -0.704. The number of rotatable bonds is 9. The van der Waals surface area contributed by atoms with E-state index in [2.05, 4.69) is 15.4 Å². The number of carbonyl (C=O) groups is 4. The Morgan fingerprint density at radius 1 is 1.05 bits per heavy atom. The largest absolute Gasteiger partial charge is 0.494 e. The SMILES string of the molecule is CCOC1=CC2c3nc4cc(F)ccc4c(O[C@@H]4C[C@H]5C(=O)N[C@]6(C(=O)NS(=O)(=O)C7CC7)C[C@H]6/C=C\CCCCC[C@H](NC(=O)OC6CCCC6)C(=O)N5C4)c3OC2C=C1. The van der Waals surface area contributed by atoms with E-state index < -0.39 is 80.7 Å². The molecule has 17 heteroatoms. The lowest BCUT2D eigenvalue weighted by Crippen LogP contribution is -2.58. The number of amides is 4. The standard InChI is InChI=1S/C44H52FN5O10S/c1-2-57-28-15-19-36-32(21-28)37-39(60-36)38(31-18-14-26(45)20-34(31)46-37)58-29-22-35-40(51)48-44(42(53)49-61(55,56)30-16-17-30)23-25(44)10-6-4-3-5-7-13-33(41(52)50(35)24-29)47-43(54)59-27-11-8-9-12-27/h6,10,14-15,18-21,25,27,29-30,32-33,35-36H,2-5,7-9,11-13,16-17,22-24H2,1H3,(H,47,54)(H,48,51)(H,49,53)/b10-6-/t25-,29-,32?,33+,35+,36?,44-/m1/s1. The Morgan fingerprint density at radius 2 is 1.85 bits per heavy atom. The van der Waals surface area contributed by atoms with Crippen LogP contribution in [-0.4, -0.2) is 96.5 Å². The van der Waals surface area contributed by atoms with Crippen molar-refractivity contribution >= 4 is 44.7 Å². The lowest BCUT2D eigenvalue weighted by Gasteiger charge is -2.30. The van der Waals surface area contributed by atoms with Gasteiger partial charge in [0.2, 0.25) is 21.8 Å². The van der Waals surface area contributed by atoms with Crippen molar-refractivity contribution in [2.45, 2.75) is 137 Å². The zero-order valence-electron chi connectivity index (χ0n) is 34.1. The Morgan fingerprint density at radius 3 is 2.64 bits per heavy atom. The minimum absolute atomic E-state index is 0.0314. The lowest BCUT2D eigenvalue weighted by molar-refractivity contribution is -0.141. The van der Waals surface area contributed by atoms with E-state index in [4.69, 9.17) is 23.9 Å². The molecule has 2 aromatic rings. The molecule has 9 rings (SSSR count). The van der Waals surface area contributed by atoms with Gasteiger partial charge in [-0.15, -0.1) is 0 Å². The van der Waals surface area contributed by atoms with Crippen molar-refractivity contribution in [3.05, 3.63) is 65.8 Å². The van der Waals surface area contributed by atoms with Crippen molar-refractivity contribution in [1.82, 2.24) is 25.2 Å². The second-order valence-electron chi connectivity index (χ2n) is 17.3. The molecule has 3 N–H and O–H groups in total. The number of ether oxygens (including phenoxy) is 4. The van der Waals surface area contributed by atoms with Crippen LogP contribution in [0.3, 0.4) is 0 Å². The third kappa shape index (κ3) is 8.41. The Labute approximate surface area is 353 Å². The van der Waals surface area contributed by atoms with Gasteiger partial charge in [-0.1, -0.05) is 25.0 Å². The Balaban J connectivity index is 1.05. The molecule has 1 saturated heterocycles. The number of nitrogens with zero attached hydrogens (tertiary/aromatic N) is 2. The third-order valence-electron chi connectivity index (χ3n) is 12.9. The maximum Gasteiger partial charge on any atom is 0.408 e. The first-order chi connectivity index (χ1) is 29.4. The fraction of sp³-hybridized carbons (Fsp3) is 0.568. The molecule has 1 aromatic heterocycles. The van der Waals surface area contributed by atoms with Crippen LogP contribution in [0.15, 0.2) is 54.3 Å². The van der Waals surface area contributed by atoms with Gasteiger partial charge in [0.25, 0.3) is 5.91 Å². The third-order valence-corrected chi connectivity index (χ3v) is 14.7. The van der Waals surface area contributed by atoms with E-state index in [1.807, 2.05) is 37.3 Å². The molecule has 4 aliphatic carbocycles. The number of fused-ring (bicyclic) bond motifs is 6. The molecule has 326 valence electrons. The molecule has 3 aliphatic heterocycles. The lowest BCUT2D eigenvalue weighted by atomic mass is 9.94. The maximum atomic E-state index is 14.8. The minimum Gasteiger partial charge on any atom is -0.494 e. The Bertz CT molecular complexity index is 2310. The Kier molecular flexibility index (Phi) is 11.2. The van der Waals surface area contributed by atoms with Crippen LogP contribution in [0.5, 0.6) is 11.5 Å². The van der Waals surface area contributed by atoms with Crippen LogP contribution in [-0.2, 0) is 33.9 Å². The number of allylic oxidation sites excluding steroid dienone is 2. The molecule has 61 heavy (non-hydrogen) atoms. The highest BCUT2D eigenvalue weighted by Crippen LogP contribution is 2.50. The van der Waals surface area contributed by atoms with Crippen LogP contribution in [0.2, 0.25) is 0 Å². The van der Waals surface area contributed by atoms with Crippen molar-refractivity contribution in [3.63, 3.8) is 0 Å². The van der Waals surface area contributed by atoms with Gasteiger partial charge in [0.05, 0.1) is 35.5 Å². The topological polar surface area (TPSA) is 192 Å². The van der Waals surface area contributed by atoms with E-state index >= 15 is 0 Å².